The van der Waals surface area contributed by atoms with Crippen LogP contribution >= 0.6 is 0 Å². The van der Waals surface area contributed by atoms with Crippen molar-refractivity contribution in [3.8, 4) is 6.07 Å². The van der Waals surface area contributed by atoms with E-state index in [2.05, 4.69) is 12.1 Å². The summed E-state index contributed by atoms with van der Waals surface area (Å²) in [6.45, 7) is 2.47. The van der Waals surface area contributed by atoms with Crippen molar-refractivity contribution in [2.24, 2.45) is 11.8 Å². The molecule has 152 valence electrons. The number of nitrogens with zero attached hydrogens (tertiary/aromatic N) is 3. The van der Waals surface area contributed by atoms with Crippen molar-refractivity contribution < 1.29 is 19.4 Å². The molecule has 29 heavy (non-hydrogen) atoms. The van der Waals surface area contributed by atoms with Gasteiger partial charge in [0.15, 0.2) is 0 Å². The fourth-order valence-electron chi connectivity index (χ4n) is 4.02. The molecule has 0 bridgehead atoms. The highest BCUT2D eigenvalue weighted by molar-refractivity contribution is 5.94. The minimum absolute atomic E-state index is 0.0843. The molecule has 1 aromatic carbocycles. The molecule has 2 amide bonds. The second-order valence-corrected chi connectivity index (χ2v) is 7.90. The summed E-state index contributed by atoms with van der Waals surface area (Å²) >= 11 is 0. The largest absolute Gasteiger partial charge is 0.389 e. The molecule has 7 heteroatoms. The molecule has 0 spiro atoms. The maximum atomic E-state index is 12.9. The van der Waals surface area contributed by atoms with Crippen LogP contribution in [0.3, 0.4) is 0 Å². The first kappa shape index (κ1) is 19.6. The van der Waals surface area contributed by atoms with Gasteiger partial charge in [-0.2, -0.15) is 5.26 Å². The number of ether oxygens (including phenoxy) is 1. The maximum absolute atomic E-state index is 12.9. The summed E-state index contributed by atoms with van der Waals surface area (Å²) in [6, 6.07) is 9.65. The van der Waals surface area contributed by atoms with Crippen LogP contribution < -0.4 is 0 Å². The summed E-state index contributed by atoms with van der Waals surface area (Å²) in [5.41, 5.74) is 2.89. The summed E-state index contributed by atoms with van der Waals surface area (Å²) in [5.74, 6) is -0.683. The Morgan fingerprint density at radius 2 is 1.86 bits per heavy atom. The normalized spacial score (nSPS) is 26.9. The van der Waals surface area contributed by atoms with Crippen molar-refractivity contribution in [3.63, 3.8) is 0 Å². The predicted octanol–water partition coefficient (Wildman–Crippen LogP) is 1.30. The second-order valence-electron chi connectivity index (χ2n) is 7.90. The quantitative estimate of drug-likeness (QED) is 0.833. The van der Waals surface area contributed by atoms with E-state index in [1.807, 2.05) is 24.3 Å². The van der Waals surface area contributed by atoms with E-state index < -0.39 is 6.10 Å². The maximum Gasteiger partial charge on any atom is 0.254 e. The van der Waals surface area contributed by atoms with Gasteiger partial charge in [-0.1, -0.05) is 18.2 Å². The lowest BCUT2D eigenvalue weighted by molar-refractivity contribution is -0.133. The molecule has 1 saturated carbocycles. The van der Waals surface area contributed by atoms with Gasteiger partial charge >= 0.3 is 0 Å². The van der Waals surface area contributed by atoms with Crippen molar-refractivity contribution in [1.82, 2.24) is 9.80 Å². The molecule has 3 aliphatic rings. The number of hydrogen-bond donors (Lipinski definition) is 1. The third kappa shape index (κ3) is 4.34. The Morgan fingerprint density at radius 3 is 2.52 bits per heavy atom. The molecule has 7 nitrogen and oxygen atoms in total. The summed E-state index contributed by atoms with van der Waals surface area (Å²) in [7, 11) is 0. The second kappa shape index (κ2) is 8.36. The van der Waals surface area contributed by atoms with E-state index in [-0.39, 0.29) is 36.7 Å². The van der Waals surface area contributed by atoms with Gasteiger partial charge in [-0.25, -0.2) is 0 Å². The van der Waals surface area contributed by atoms with Gasteiger partial charge in [-0.05, 0) is 36.1 Å². The molecule has 1 saturated heterocycles. The van der Waals surface area contributed by atoms with Gasteiger partial charge in [0.05, 0.1) is 37.2 Å². The van der Waals surface area contributed by atoms with Crippen LogP contribution in [0.15, 0.2) is 30.3 Å². The molecular formula is C22H25N3O4. The lowest BCUT2D eigenvalue weighted by Gasteiger charge is -2.22. The van der Waals surface area contributed by atoms with Crippen molar-refractivity contribution in [1.29, 1.82) is 5.26 Å². The third-order valence-corrected chi connectivity index (χ3v) is 5.84. The van der Waals surface area contributed by atoms with Crippen LogP contribution in [-0.4, -0.2) is 72.2 Å². The van der Waals surface area contributed by atoms with Crippen LogP contribution in [0.5, 0.6) is 0 Å². The Kier molecular flexibility index (Phi) is 5.65. The zero-order valence-electron chi connectivity index (χ0n) is 16.3. The Balaban J connectivity index is 1.40. The fraction of sp³-hybridized carbons (Fsp3) is 0.500. The lowest BCUT2D eigenvalue weighted by Crippen LogP contribution is -2.38. The minimum atomic E-state index is -0.795. The number of aliphatic hydroxyl groups excluding tert-OH is 1. The Bertz CT molecular complexity index is 858. The van der Waals surface area contributed by atoms with Gasteiger partial charge in [0.1, 0.15) is 0 Å². The van der Waals surface area contributed by atoms with Crippen molar-refractivity contribution >= 4 is 17.4 Å². The van der Waals surface area contributed by atoms with Crippen molar-refractivity contribution in [2.75, 3.05) is 39.4 Å². The van der Waals surface area contributed by atoms with Crippen LogP contribution in [0.2, 0.25) is 0 Å². The van der Waals surface area contributed by atoms with E-state index in [9.17, 15) is 14.7 Å². The molecule has 1 unspecified atom stereocenters. The van der Waals surface area contributed by atoms with Crippen LogP contribution in [0, 0.1) is 23.2 Å². The fourth-order valence-corrected chi connectivity index (χ4v) is 4.02. The predicted molar refractivity (Wildman–Crippen MR) is 106 cm³/mol. The molecule has 3 atom stereocenters. The number of aliphatic hydroxyl groups is 1. The zero-order valence-corrected chi connectivity index (χ0v) is 16.3. The SMILES string of the molecule is N#C[C@H]1C[C@H]1C(=O)N1CCN(C(=O)c2ccc(C3=CCOCC3)cc2)CC(O)C1. The van der Waals surface area contributed by atoms with E-state index in [1.165, 1.54) is 5.57 Å². The topological polar surface area (TPSA) is 93.9 Å². The molecule has 0 radical (unpaired) electrons. The number of β-amino-alcohol motifs (C(OH)–C–C–N with tert-alkyl or cyclic N) is 1. The Morgan fingerprint density at radius 1 is 1.14 bits per heavy atom. The van der Waals surface area contributed by atoms with Gasteiger partial charge in [0.2, 0.25) is 5.91 Å². The standard InChI is InChI=1S/C22H25N3O4/c23-12-18-11-20(18)22(28)25-8-7-24(13-19(26)14-25)21(27)17-3-1-15(2-4-17)16-5-9-29-10-6-16/h1-5,18-20,26H,6-11,13-14H2/t18-,19?,20-/m1/s1. The van der Waals surface area contributed by atoms with E-state index >= 15 is 0 Å². The highest BCUT2D eigenvalue weighted by Gasteiger charge is 2.46. The average Bonchev–Trinajstić information content (AvgIpc) is 3.57. The first-order chi connectivity index (χ1) is 14.1. The van der Waals surface area contributed by atoms with E-state index in [0.717, 1.165) is 12.0 Å². The molecule has 2 heterocycles. The zero-order chi connectivity index (χ0) is 20.4. The van der Waals surface area contributed by atoms with Crippen LogP contribution in [0.1, 0.15) is 28.8 Å². The molecular weight excluding hydrogens is 370 g/mol. The van der Waals surface area contributed by atoms with Crippen molar-refractivity contribution in [3.05, 3.63) is 41.5 Å². The molecule has 1 aliphatic carbocycles. The smallest absolute Gasteiger partial charge is 0.254 e. The molecule has 2 fully saturated rings. The van der Waals surface area contributed by atoms with E-state index in [0.29, 0.717) is 38.3 Å². The minimum Gasteiger partial charge on any atom is -0.389 e. The monoisotopic (exact) mass is 395 g/mol. The van der Waals surface area contributed by atoms with Crippen LogP contribution in [0.25, 0.3) is 5.57 Å². The summed E-state index contributed by atoms with van der Waals surface area (Å²) < 4.78 is 5.34. The number of amides is 2. The molecule has 2 aliphatic heterocycles. The first-order valence-corrected chi connectivity index (χ1v) is 10.1. The van der Waals surface area contributed by atoms with Gasteiger partial charge in [-0.3, -0.25) is 9.59 Å². The highest BCUT2D eigenvalue weighted by atomic mass is 16.5. The summed E-state index contributed by atoms with van der Waals surface area (Å²) in [6.07, 6.45) is 2.73. The summed E-state index contributed by atoms with van der Waals surface area (Å²) in [4.78, 5) is 28.7. The first-order valence-electron chi connectivity index (χ1n) is 10.1. The van der Waals surface area contributed by atoms with E-state index in [1.54, 1.807) is 9.80 Å². The number of nitriles is 1. The number of rotatable bonds is 3. The third-order valence-electron chi connectivity index (χ3n) is 5.84. The number of carbonyl (C=O) groups is 2. The number of carbonyl (C=O) groups excluding carboxylic acids is 2. The van der Waals surface area contributed by atoms with Gasteiger partial charge in [-0.15, -0.1) is 0 Å². The average molecular weight is 395 g/mol. The Hall–Kier alpha value is -2.69. The van der Waals surface area contributed by atoms with Crippen LogP contribution in [0.4, 0.5) is 0 Å². The van der Waals surface area contributed by atoms with Gasteiger partial charge < -0.3 is 19.6 Å². The van der Waals surface area contributed by atoms with Crippen LogP contribution in [-0.2, 0) is 9.53 Å². The molecule has 4 rings (SSSR count). The lowest BCUT2D eigenvalue weighted by atomic mass is 10.00. The molecule has 1 N–H and O–H groups in total. The van der Waals surface area contributed by atoms with Gasteiger partial charge in [0.25, 0.3) is 5.91 Å². The molecule has 1 aromatic rings. The summed E-state index contributed by atoms with van der Waals surface area (Å²) in [5, 5.41) is 19.3. The highest BCUT2D eigenvalue weighted by Crippen LogP contribution is 2.39. The number of hydrogen-bond acceptors (Lipinski definition) is 5. The number of benzene rings is 1. The van der Waals surface area contributed by atoms with E-state index in [4.69, 9.17) is 10.00 Å². The molecule has 0 aromatic heterocycles. The Labute approximate surface area is 170 Å². The van der Waals surface area contributed by atoms with Gasteiger partial charge in [0, 0.05) is 31.7 Å². The van der Waals surface area contributed by atoms with Crippen molar-refractivity contribution in [2.45, 2.75) is 18.9 Å².